The Morgan fingerprint density at radius 1 is 1.41 bits per heavy atom. The summed E-state index contributed by atoms with van der Waals surface area (Å²) in [6, 6.07) is 2.63. The average Bonchev–Trinajstić information content (AvgIpc) is 3.00. The van der Waals surface area contributed by atoms with E-state index in [0.717, 1.165) is 6.42 Å². The summed E-state index contributed by atoms with van der Waals surface area (Å²) in [6.07, 6.45) is -1.27. The van der Waals surface area contributed by atoms with Crippen molar-refractivity contribution in [3.05, 3.63) is 24.2 Å². The molecule has 2 aliphatic rings. The van der Waals surface area contributed by atoms with Gasteiger partial charge in [0.1, 0.15) is 0 Å². The number of aliphatic hydroxyl groups is 1. The van der Waals surface area contributed by atoms with Crippen LogP contribution < -0.4 is 0 Å². The molecular formula is C14H15F3N2O3. The SMILES string of the molecule is O=C(c1ccco1)N1N=C2CCCCC[C@@H]2[C@]1(O)C(F)(F)F. The van der Waals surface area contributed by atoms with Gasteiger partial charge in [0, 0.05) is 5.71 Å². The number of halogens is 3. The van der Waals surface area contributed by atoms with E-state index < -0.39 is 23.7 Å². The number of hydrazone groups is 1. The van der Waals surface area contributed by atoms with E-state index in [2.05, 4.69) is 5.10 Å². The molecule has 120 valence electrons. The number of nitrogens with zero attached hydrogens (tertiary/aromatic N) is 2. The van der Waals surface area contributed by atoms with Gasteiger partial charge in [-0.1, -0.05) is 12.8 Å². The van der Waals surface area contributed by atoms with Crippen LogP contribution in [0.25, 0.3) is 0 Å². The van der Waals surface area contributed by atoms with Crippen LogP contribution in [0.5, 0.6) is 0 Å². The van der Waals surface area contributed by atoms with Crippen LogP contribution in [0.4, 0.5) is 13.2 Å². The fourth-order valence-corrected chi connectivity index (χ4v) is 3.10. The van der Waals surface area contributed by atoms with Crippen LogP contribution in [-0.2, 0) is 0 Å². The molecule has 0 aromatic carbocycles. The summed E-state index contributed by atoms with van der Waals surface area (Å²) in [5.74, 6) is -2.59. The van der Waals surface area contributed by atoms with Gasteiger partial charge in [-0.15, -0.1) is 0 Å². The van der Waals surface area contributed by atoms with Gasteiger partial charge in [0.2, 0.25) is 0 Å². The number of hydrogen-bond acceptors (Lipinski definition) is 4. The van der Waals surface area contributed by atoms with Gasteiger partial charge < -0.3 is 9.52 Å². The number of fused-ring (bicyclic) bond motifs is 1. The number of amides is 1. The van der Waals surface area contributed by atoms with Crippen LogP contribution in [-0.4, -0.2) is 33.6 Å². The zero-order valence-corrected chi connectivity index (χ0v) is 11.6. The second kappa shape index (κ2) is 5.12. The highest BCUT2D eigenvalue weighted by molar-refractivity contribution is 5.97. The molecule has 1 aromatic rings. The molecule has 2 atom stereocenters. The standard InChI is InChI=1S/C14H15F3N2O3/c15-14(16,17)13(21)9-5-2-1-3-6-10(9)18-19(13)12(20)11-7-4-8-22-11/h4,7-9,21H,1-3,5-6H2/t9-,13-/m0/s1. The van der Waals surface area contributed by atoms with Gasteiger partial charge in [-0.05, 0) is 31.4 Å². The average molecular weight is 316 g/mol. The van der Waals surface area contributed by atoms with Crippen molar-refractivity contribution in [1.82, 2.24) is 5.01 Å². The van der Waals surface area contributed by atoms with Gasteiger partial charge in [0.05, 0.1) is 12.2 Å². The van der Waals surface area contributed by atoms with Crippen molar-refractivity contribution >= 4 is 11.6 Å². The Bertz CT molecular complexity index is 597. The third-order valence-electron chi connectivity index (χ3n) is 4.21. The molecule has 0 unspecified atom stereocenters. The summed E-state index contributed by atoms with van der Waals surface area (Å²) < 4.78 is 45.5. The maximum atomic E-state index is 13.6. The number of rotatable bonds is 1. The number of hydrogen-bond donors (Lipinski definition) is 1. The van der Waals surface area contributed by atoms with Gasteiger partial charge in [-0.2, -0.15) is 23.3 Å². The molecule has 1 N–H and O–H groups in total. The zero-order chi connectivity index (χ0) is 16.0. The Balaban J connectivity index is 2.04. The van der Waals surface area contributed by atoms with Crippen molar-refractivity contribution in [2.24, 2.45) is 11.0 Å². The lowest BCUT2D eigenvalue weighted by Crippen LogP contribution is -2.61. The minimum atomic E-state index is -5.00. The van der Waals surface area contributed by atoms with Crippen LogP contribution in [0, 0.1) is 5.92 Å². The highest BCUT2D eigenvalue weighted by atomic mass is 19.4. The van der Waals surface area contributed by atoms with Gasteiger partial charge in [-0.25, -0.2) is 0 Å². The molecule has 1 fully saturated rings. The summed E-state index contributed by atoms with van der Waals surface area (Å²) in [5.41, 5.74) is -3.08. The van der Waals surface area contributed by atoms with Crippen molar-refractivity contribution in [1.29, 1.82) is 0 Å². The first-order valence-electron chi connectivity index (χ1n) is 7.10. The molecule has 1 aliphatic heterocycles. The van der Waals surface area contributed by atoms with E-state index in [-0.39, 0.29) is 22.9 Å². The molecule has 2 heterocycles. The molecule has 1 aromatic heterocycles. The summed E-state index contributed by atoms with van der Waals surface area (Å²) in [6.45, 7) is 0. The number of carbonyl (C=O) groups is 1. The van der Waals surface area contributed by atoms with Crippen molar-refractivity contribution in [2.75, 3.05) is 0 Å². The van der Waals surface area contributed by atoms with E-state index in [4.69, 9.17) is 4.42 Å². The summed E-state index contributed by atoms with van der Waals surface area (Å²) in [4.78, 5) is 12.3. The van der Waals surface area contributed by atoms with E-state index in [0.29, 0.717) is 19.3 Å². The second-order valence-electron chi connectivity index (χ2n) is 5.56. The molecular weight excluding hydrogens is 301 g/mol. The highest BCUT2D eigenvalue weighted by Gasteiger charge is 2.68. The Morgan fingerprint density at radius 3 is 2.82 bits per heavy atom. The zero-order valence-electron chi connectivity index (χ0n) is 11.6. The van der Waals surface area contributed by atoms with Crippen LogP contribution in [0.15, 0.2) is 27.9 Å². The normalized spacial score (nSPS) is 29.0. The van der Waals surface area contributed by atoms with Crippen molar-refractivity contribution in [3.63, 3.8) is 0 Å². The predicted octanol–water partition coefficient (Wildman–Crippen LogP) is 2.92. The molecule has 1 aliphatic carbocycles. The minimum absolute atomic E-state index is 0.150. The van der Waals surface area contributed by atoms with E-state index in [1.54, 1.807) is 0 Å². The van der Waals surface area contributed by atoms with E-state index >= 15 is 0 Å². The van der Waals surface area contributed by atoms with Crippen LogP contribution in [0.3, 0.4) is 0 Å². The summed E-state index contributed by atoms with van der Waals surface area (Å²) >= 11 is 0. The molecule has 0 bridgehead atoms. The van der Waals surface area contributed by atoms with Crippen molar-refractivity contribution in [2.45, 2.75) is 44.0 Å². The lowest BCUT2D eigenvalue weighted by Gasteiger charge is -2.36. The maximum Gasteiger partial charge on any atom is 0.439 e. The number of furan rings is 1. The van der Waals surface area contributed by atoms with E-state index in [1.807, 2.05) is 0 Å². The first-order chi connectivity index (χ1) is 10.4. The topological polar surface area (TPSA) is 66.0 Å². The van der Waals surface area contributed by atoms with Gasteiger partial charge in [-0.3, -0.25) is 4.79 Å². The quantitative estimate of drug-likeness (QED) is 0.866. The fourth-order valence-electron chi connectivity index (χ4n) is 3.10. The predicted molar refractivity (Wildman–Crippen MR) is 69.9 cm³/mol. The van der Waals surface area contributed by atoms with E-state index in [9.17, 15) is 23.1 Å². The Labute approximate surface area is 124 Å². The van der Waals surface area contributed by atoms with Crippen LogP contribution in [0.2, 0.25) is 0 Å². The maximum absolute atomic E-state index is 13.6. The van der Waals surface area contributed by atoms with Crippen molar-refractivity contribution in [3.8, 4) is 0 Å². The van der Waals surface area contributed by atoms with E-state index in [1.165, 1.54) is 18.4 Å². The Kier molecular flexibility index (Phi) is 3.51. The molecule has 1 amide bonds. The fraction of sp³-hybridized carbons (Fsp3) is 0.571. The molecule has 3 rings (SSSR count). The van der Waals surface area contributed by atoms with Gasteiger partial charge in [0.15, 0.2) is 5.76 Å². The van der Waals surface area contributed by atoms with Gasteiger partial charge >= 0.3 is 12.1 Å². The lowest BCUT2D eigenvalue weighted by atomic mass is 9.87. The lowest BCUT2D eigenvalue weighted by molar-refractivity contribution is -0.312. The first kappa shape index (κ1) is 15.1. The molecule has 0 spiro atoms. The van der Waals surface area contributed by atoms with Crippen LogP contribution in [0.1, 0.15) is 42.7 Å². The summed E-state index contributed by atoms with van der Waals surface area (Å²) in [7, 11) is 0. The second-order valence-corrected chi connectivity index (χ2v) is 5.56. The highest BCUT2D eigenvalue weighted by Crippen LogP contribution is 2.47. The Hall–Kier alpha value is -1.83. The molecule has 22 heavy (non-hydrogen) atoms. The number of carbonyl (C=O) groups excluding carboxylic acids is 1. The number of alkyl halides is 3. The third-order valence-corrected chi connectivity index (χ3v) is 4.21. The third kappa shape index (κ3) is 2.13. The summed E-state index contributed by atoms with van der Waals surface area (Å²) in [5, 5.41) is 14.4. The molecule has 1 saturated carbocycles. The molecule has 0 saturated heterocycles. The first-order valence-corrected chi connectivity index (χ1v) is 7.10. The smallest absolute Gasteiger partial charge is 0.439 e. The molecule has 5 nitrogen and oxygen atoms in total. The van der Waals surface area contributed by atoms with Gasteiger partial charge in [0.25, 0.3) is 5.72 Å². The van der Waals surface area contributed by atoms with Crippen molar-refractivity contribution < 1.29 is 27.5 Å². The van der Waals surface area contributed by atoms with Crippen LogP contribution >= 0.6 is 0 Å². The molecule has 8 heteroatoms. The largest absolute Gasteiger partial charge is 0.459 e. The molecule has 0 radical (unpaired) electrons. The monoisotopic (exact) mass is 316 g/mol. The minimum Gasteiger partial charge on any atom is -0.459 e. The Morgan fingerprint density at radius 2 is 2.18 bits per heavy atom.